The second-order valence-electron chi connectivity index (χ2n) is 4.83. The summed E-state index contributed by atoms with van der Waals surface area (Å²) in [5.41, 5.74) is 2.40. The third-order valence-electron chi connectivity index (χ3n) is 3.54. The lowest BCUT2D eigenvalue weighted by Crippen LogP contribution is -2.34. The van der Waals surface area contributed by atoms with Gasteiger partial charge in [-0.15, -0.1) is 0 Å². The molecule has 0 aromatic heterocycles. The van der Waals surface area contributed by atoms with Gasteiger partial charge in [-0.2, -0.15) is 0 Å². The fraction of sp³-hybridized carbons (Fsp3) is 0.625. The predicted molar refractivity (Wildman–Crippen MR) is 79.1 cm³/mol. The Morgan fingerprint density at radius 3 is 2.65 bits per heavy atom. The van der Waals surface area contributed by atoms with Crippen LogP contribution in [-0.4, -0.2) is 33.2 Å². The van der Waals surface area contributed by atoms with Crippen LogP contribution in [-0.2, 0) is 15.9 Å². The Bertz CT molecular complexity index is 416. The van der Waals surface area contributed by atoms with Crippen molar-refractivity contribution in [2.45, 2.75) is 39.0 Å². The first-order valence-electron chi connectivity index (χ1n) is 7.46. The highest BCUT2D eigenvalue weighted by atomic mass is 16.7. The maximum atomic E-state index is 5.89. The zero-order valence-electron chi connectivity index (χ0n) is 12.6. The maximum Gasteiger partial charge on any atom is 0.176 e. The fourth-order valence-electron chi connectivity index (χ4n) is 2.67. The van der Waals surface area contributed by atoms with Crippen LogP contribution in [0.15, 0.2) is 18.2 Å². The number of nitrogens with one attached hydrogen (secondary N) is 1. The van der Waals surface area contributed by atoms with E-state index in [0.717, 1.165) is 30.8 Å². The quantitative estimate of drug-likeness (QED) is 0.779. The van der Waals surface area contributed by atoms with Gasteiger partial charge in [-0.05, 0) is 39.3 Å². The van der Waals surface area contributed by atoms with Crippen LogP contribution >= 0.6 is 0 Å². The number of rotatable bonds is 7. The number of ether oxygens (including phenoxy) is 3. The molecule has 1 atom stereocenters. The van der Waals surface area contributed by atoms with Crippen molar-refractivity contribution >= 4 is 0 Å². The Labute approximate surface area is 121 Å². The van der Waals surface area contributed by atoms with Gasteiger partial charge in [0.15, 0.2) is 6.29 Å². The molecule has 1 unspecified atom stereocenters. The van der Waals surface area contributed by atoms with Gasteiger partial charge in [-0.3, -0.25) is 0 Å². The van der Waals surface area contributed by atoms with Crippen molar-refractivity contribution in [1.29, 1.82) is 0 Å². The first-order chi connectivity index (χ1) is 9.81. The molecule has 4 heteroatoms. The molecule has 1 aliphatic heterocycles. The summed E-state index contributed by atoms with van der Waals surface area (Å²) in [7, 11) is 1.93. The lowest BCUT2D eigenvalue weighted by Gasteiger charge is -2.30. The van der Waals surface area contributed by atoms with Crippen LogP contribution in [0.5, 0.6) is 5.75 Å². The summed E-state index contributed by atoms with van der Waals surface area (Å²) in [5.74, 6) is 1.00. The van der Waals surface area contributed by atoms with Crippen molar-refractivity contribution in [2.75, 3.05) is 26.9 Å². The molecule has 1 aromatic carbocycles. The second kappa shape index (κ2) is 7.62. The van der Waals surface area contributed by atoms with Gasteiger partial charge >= 0.3 is 0 Å². The first-order valence-corrected chi connectivity index (χ1v) is 7.46. The van der Waals surface area contributed by atoms with Gasteiger partial charge < -0.3 is 19.5 Å². The van der Waals surface area contributed by atoms with Crippen molar-refractivity contribution in [3.05, 3.63) is 29.3 Å². The van der Waals surface area contributed by atoms with Crippen LogP contribution < -0.4 is 10.1 Å². The van der Waals surface area contributed by atoms with Gasteiger partial charge in [0.25, 0.3) is 0 Å². The van der Waals surface area contributed by atoms with E-state index in [2.05, 4.69) is 23.5 Å². The zero-order valence-corrected chi connectivity index (χ0v) is 12.6. The van der Waals surface area contributed by atoms with Gasteiger partial charge in [-0.1, -0.05) is 18.2 Å². The predicted octanol–water partition coefficient (Wildman–Crippen LogP) is 2.67. The molecule has 1 aliphatic rings. The molecule has 0 radical (unpaired) electrons. The molecule has 1 aromatic rings. The topological polar surface area (TPSA) is 39.7 Å². The Kier molecular flexibility index (Phi) is 5.83. The molecule has 0 fully saturated rings. The number of hydrogen-bond donors (Lipinski definition) is 1. The van der Waals surface area contributed by atoms with Crippen molar-refractivity contribution in [1.82, 2.24) is 5.32 Å². The zero-order chi connectivity index (χ0) is 14.4. The summed E-state index contributed by atoms with van der Waals surface area (Å²) in [6.07, 6.45) is 1.86. The summed E-state index contributed by atoms with van der Waals surface area (Å²) in [6.45, 7) is 6.00. The van der Waals surface area contributed by atoms with Gasteiger partial charge in [0.1, 0.15) is 5.75 Å². The molecule has 1 heterocycles. The van der Waals surface area contributed by atoms with E-state index >= 15 is 0 Å². The molecule has 0 saturated heterocycles. The van der Waals surface area contributed by atoms with Crippen molar-refractivity contribution in [3.8, 4) is 5.75 Å². The maximum absolute atomic E-state index is 5.89. The van der Waals surface area contributed by atoms with Gasteiger partial charge in [0, 0.05) is 18.8 Å². The van der Waals surface area contributed by atoms with Crippen LogP contribution in [0.25, 0.3) is 0 Å². The number of benzene rings is 1. The molecular weight excluding hydrogens is 254 g/mol. The Morgan fingerprint density at radius 2 is 2.00 bits per heavy atom. The van der Waals surface area contributed by atoms with Gasteiger partial charge in [0.05, 0.1) is 12.6 Å². The van der Waals surface area contributed by atoms with Crippen LogP contribution in [0.2, 0.25) is 0 Å². The summed E-state index contributed by atoms with van der Waals surface area (Å²) in [6, 6.07) is 6.29. The van der Waals surface area contributed by atoms with E-state index in [1.54, 1.807) is 0 Å². The average molecular weight is 279 g/mol. The normalized spacial score (nSPS) is 15.8. The summed E-state index contributed by atoms with van der Waals surface area (Å²) in [5, 5.41) is 3.31. The summed E-state index contributed by atoms with van der Waals surface area (Å²) in [4.78, 5) is 0. The largest absolute Gasteiger partial charge is 0.493 e. The third-order valence-corrected chi connectivity index (χ3v) is 3.54. The van der Waals surface area contributed by atoms with E-state index in [-0.39, 0.29) is 12.3 Å². The summed E-state index contributed by atoms with van der Waals surface area (Å²) < 4.78 is 17.4. The standard InChI is InChI=1S/C16H25NO3/c1-4-18-16(19-5-2)14(17-3)13-10-6-8-12-9-7-11-20-15(12)13/h6,8,10,14,16-17H,4-5,7,9,11H2,1-3H3. The van der Waals surface area contributed by atoms with Crippen molar-refractivity contribution < 1.29 is 14.2 Å². The highest BCUT2D eigenvalue weighted by molar-refractivity contribution is 5.44. The third kappa shape index (κ3) is 3.32. The van der Waals surface area contributed by atoms with Crippen LogP contribution in [0, 0.1) is 0 Å². The Balaban J connectivity index is 2.30. The van der Waals surface area contributed by atoms with Gasteiger partial charge in [-0.25, -0.2) is 0 Å². The number of para-hydroxylation sites is 1. The SMILES string of the molecule is CCOC(OCC)C(NC)c1cccc2c1OCCC2. The van der Waals surface area contributed by atoms with Crippen LogP contribution in [0.4, 0.5) is 0 Å². The lowest BCUT2D eigenvalue weighted by atomic mass is 9.97. The van der Waals surface area contributed by atoms with E-state index < -0.39 is 0 Å². The van der Waals surface area contributed by atoms with Crippen molar-refractivity contribution in [3.63, 3.8) is 0 Å². The number of hydrogen-bond acceptors (Lipinski definition) is 4. The molecule has 20 heavy (non-hydrogen) atoms. The van der Waals surface area contributed by atoms with Crippen LogP contribution in [0.1, 0.15) is 37.4 Å². The molecule has 0 saturated carbocycles. The van der Waals surface area contributed by atoms with Crippen molar-refractivity contribution in [2.24, 2.45) is 0 Å². The second-order valence-corrected chi connectivity index (χ2v) is 4.83. The molecule has 0 spiro atoms. The van der Waals surface area contributed by atoms with E-state index in [1.165, 1.54) is 5.56 Å². The molecule has 2 rings (SSSR count). The first kappa shape index (κ1) is 15.3. The Morgan fingerprint density at radius 1 is 1.25 bits per heavy atom. The molecular formula is C16H25NO3. The van der Waals surface area contributed by atoms with E-state index in [1.807, 2.05) is 20.9 Å². The molecule has 1 N–H and O–H groups in total. The highest BCUT2D eigenvalue weighted by Crippen LogP contribution is 2.34. The number of aryl methyl sites for hydroxylation is 1. The average Bonchev–Trinajstić information content (AvgIpc) is 2.49. The smallest absolute Gasteiger partial charge is 0.176 e. The van der Waals surface area contributed by atoms with Gasteiger partial charge in [0.2, 0.25) is 0 Å². The van der Waals surface area contributed by atoms with E-state index in [0.29, 0.717) is 13.2 Å². The molecule has 112 valence electrons. The number of fused-ring (bicyclic) bond motifs is 1. The minimum atomic E-state index is -0.299. The van der Waals surface area contributed by atoms with Crippen LogP contribution in [0.3, 0.4) is 0 Å². The number of likely N-dealkylation sites (N-methyl/N-ethyl adjacent to an activating group) is 1. The molecule has 0 aliphatic carbocycles. The van der Waals surface area contributed by atoms with E-state index in [9.17, 15) is 0 Å². The monoisotopic (exact) mass is 279 g/mol. The Hall–Kier alpha value is -1.10. The fourth-order valence-corrected chi connectivity index (χ4v) is 2.67. The summed E-state index contributed by atoms with van der Waals surface area (Å²) >= 11 is 0. The molecule has 0 amide bonds. The minimum absolute atomic E-state index is 0.0250. The van der Waals surface area contributed by atoms with E-state index in [4.69, 9.17) is 14.2 Å². The molecule has 0 bridgehead atoms. The highest BCUT2D eigenvalue weighted by Gasteiger charge is 2.27. The molecule has 4 nitrogen and oxygen atoms in total. The lowest BCUT2D eigenvalue weighted by molar-refractivity contribution is -0.154. The minimum Gasteiger partial charge on any atom is -0.493 e.